The number of rotatable bonds is 7. The van der Waals surface area contributed by atoms with E-state index < -0.39 is 29.7 Å². The summed E-state index contributed by atoms with van der Waals surface area (Å²) in [6.07, 6.45) is 1.41. The lowest BCUT2D eigenvalue weighted by atomic mass is 10.1. The highest BCUT2D eigenvalue weighted by Gasteiger charge is 2.22. The molecule has 0 aliphatic heterocycles. The van der Waals surface area contributed by atoms with Crippen molar-refractivity contribution >= 4 is 18.0 Å². The highest BCUT2D eigenvalue weighted by atomic mass is 16.6. The zero-order valence-electron chi connectivity index (χ0n) is 14.7. The number of carbonyl (C=O) groups is 3. The van der Waals surface area contributed by atoms with Crippen molar-refractivity contribution in [2.24, 2.45) is 5.92 Å². The molecule has 7 nitrogen and oxygen atoms in total. The summed E-state index contributed by atoms with van der Waals surface area (Å²) >= 11 is 0. The van der Waals surface area contributed by atoms with Crippen LogP contribution in [0.5, 0.6) is 0 Å². The summed E-state index contributed by atoms with van der Waals surface area (Å²) in [5.74, 6) is -1.27. The molecule has 132 valence electrons. The Hall–Kier alpha value is -2.05. The standard InChI is InChI=1S/C16H27NO6/c1-7-21-13(18)8-9-14(19)22-10-12(11(2)3)17-15(20)23-16(4,5)6/h8-9,11-12H,7,10H2,1-6H3,(H,17,20). The predicted molar refractivity (Wildman–Crippen MR) is 84.7 cm³/mol. The topological polar surface area (TPSA) is 90.9 Å². The number of nitrogens with one attached hydrogen (secondary N) is 1. The summed E-state index contributed by atoms with van der Waals surface area (Å²) < 4.78 is 14.8. The fraction of sp³-hybridized carbons (Fsp3) is 0.688. The Kier molecular flexibility index (Phi) is 8.98. The van der Waals surface area contributed by atoms with E-state index in [9.17, 15) is 14.4 Å². The van der Waals surface area contributed by atoms with Crippen LogP contribution < -0.4 is 5.32 Å². The van der Waals surface area contributed by atoms with Crippen LogP contribution in [0, 0.1) is 5.92 Å². The van der Waals surface area contributed by atoms with Crippen LogP contribution in [0.4, 0.5) is 4.79 Å². The number of esters is 2. The molecule has 7 heteroatoms. The van der Waals surface area contributed by atoms with Crippen LogP contribution in [0.1, 0.15) is 41.5 Å². The largest absolute Gasteiger partial charge is 0.463 e. The number of amides is 1. The summed E-state index contributed by atoms with van der Waals surface area (Å²) in [6.45, 7) is 10.9. The number of alkyl carbamates (subject to hydrolysis) is 1. The molecule has 0 bridgehead atoms. The average molecular weight is 329 g/mol. The van der Waals surface area contributed by atoms with Crippen molar-refractivity contribution in [3.8, 4) is 0 Å². The fourth-order valence-corrected chi connectivity index (χ4v) is 1.41. The Morgan fingerprint density at radius 3 is 2.00 bits per heavy atom. The minimum Gasteiger partial charge on any atom is -0.463 e. The summed E-state index contributed by atoms with van der Waals surface area (Å²) in [7, 11) is 0. The molecule has 0 saturated heterocycles. The third-order valence-electron chi connectivity index (χ3n) is 2.55. The molecule has 0 aliphatic rings. The van der Waals surface area contributed by atoms with Crippen molar-refractivity contribution < 1.29 is 28.6 Å². The molecular formula is C16H27NO6. The first-order valence-electron chi connectivity index (χ1n) is 7.56. The first-order chi connectivity index (χ1) is 10.5. The average Bonchev–Trinajstić information content (AvgIpc) is 2.39. The van der Waals surface area contributed by atoms with E-state index in [1.165, 1.54) is 0 Å². The molecule has 1 unspecified atom stereocenters. The lowest BCUT2D eigenvalue weighted by molar-refractivity contribution is -0.140. The fourth-order valence-electron chi connectivity index (χ4n) is 1.41. The summed E-state index contributed by atoms with van der Waals surface area (Å²) in [5, 5.41) is 2.66. The van der Waals surface area contributed by atoms with Crippen LogP contribution >= 0.6 is 0 Å². The van der Waals surface area contributed by atoms with Gasteiger partial charge in [-0.25, -0.2) is 14.4 Å². The number of ether oxygens (including phenoxy) is 3. The highest BCUT2D eigenvalue weighted by Crippen LogP contribution is 2.09. The second-order valence-corrected chi connectivity index (χ2v) is 6.21. The Balaban J connectivity index is 4.41. The normalized spacial score (nSPS) is 12.8. The second-order valence-electron chi connectivity index (χ2n) is 6.21. The van der Waals surface area contributed by atoms with Crippen molar-refractivity contribution in [2.75, 3.05) is 13.2 Å². The molecule has 0 heterocycles. The molecule has 0 fully saturated rings. The van der Waals surface area contributed by atoms with Gasteiger partial charge >= 0.3 is 18.0 Å². The molecule has 0 aromatic carbocycles. The molecule has 0 aliphatic carbocycles. The van der Waals surface area contributed by atoms with Gasteiger partial charge in [-0.3, -0.25) is 0 Å². The summed E-state index contributed by atoms with van der Waals surface area (Å²) in [4.78, 5) is 34.4. The van der Waals surface area contributed by atoms with Gasteiger partial charge in [0.05, 0.1) is 12.6 Å². The number of hydrogen-bond donors (Lipinski definition) is 1. The molecule has 1 atom stereocenters. The van der Waals surface area contributed by atoms with E-state index in [4.69, 9.17) is 9.47 Å². The zero-order chi connectivity index (χ0) is 18.0. The van der Waals surface area contributed by atoms with Gasteiger partial charge in [-0.2, -0.15) is 0 Å². The van der Waals surface area contributed by atoms with Crippen molar-refractivity contribution in [3.63, 3.8) is 0 Å². The molecule has 1 N–H and O–H groups in total. The predicted octanol–water partition coefficient (Wildman–Crippen LogP) is 2.20. The monoisotopic (exact) mass is 329 g/mol. The van der Waals surface area contributed by atoms with E-state index in [2.05, 4.69) is 10.1 Å². The van der Waals surface area contributed by atoms with Gasteiger partial charge in [0.25, 0.3) is 0 Å². The molecule has 0 saturated carbocycles. The van der Waals surface area contributed by atoms with Gasteiger partial charge in [0.15, 0.2) is 0 Å². The molecule has 0 rings (SSSR count). The van der Waals surface area contributed by atoms with Crippen LogP contribution in [0.15, 0.2) is 12.2 Å². The van der Waals surface area contributed by atoms with E-state index in [-0.39, 0.29) is 19.1 Å². The molecular weight excluding hydrogens is 302 g/mol. The minimum absolute atomic E-state index is 0.0249. The molecule has 0 aromatic rings. The third kappa shape index (κ3) is 11.2. The summed E-state index contributed by atoms with van der Waals surface area (Å²) in [6, 6.07) is -0.398. The zero-order valence-corrected chi connectivity index (χ0v) is 14.7. The highest BCUT2D eigenvalue weighted by molar-refractivity contribution is 5.91. The van der Waals surface area contributed by atoms with Gasteiger partial charge in [-0.1, -0.05) is 13.8 Å². The maximum Gasteiger partial charge on any atom is 0.407 e. The Morgan fingerprint density at radius 1 is 1.04 bits per heavy atom. The van der Waals surface area contributed by atoms with E-state index in [0.717, 1.165) is 12.2 Å². The van der Waals surface area contributed by atoms with E-state index in [1.807, 2.05) is 13.8 Å². The first-order valence-corrected chi connectivity index (χ1v) is 7.56. The lowest BCUT2D eigenvalue weighted by Crippen LogP contribution is -2.44. The van der Waals surface area contributed by atoms with Crippen LogP contribution in [0.2, 0.25) is 0 Å². The van der Waals surface area contributed by atoms with E-state index in [0.29, 0.717) is 0 Å². The SMILES string of the molecule is CCOC(=O)C=CC(=O)OCC(NC(=O)OC(C)(C)C)C(C)C. The summed E-state index contributed by atoms with van der Waals surface area (Å²) in [5.41, 5.74) is -0.606. The van der Waals surface area contributed by atoms with Crippen LogP contribution in [0.3, 0.4) is 0 Å². The van der Waals surface area contributed by atoms with Gasteiger partial charge in [-0.05, 0) is 33.6 Å². The second kappa shape index (κ2) is 9.86. The van der Waals surface area contributed by atoms with Crippen molar-refractivity contribution in [1.82, 2.24) is 5.32 Å². The van der Waals surface area contributed by atoms with Crippen molar-refractivity contribution in [2.45, 2.75) is 53.2 Å². The Bertz CT molecular complexity index is 436. The molecule has 1 amide bonds. The maximum absolute atomic E-state index is 11.8. The van der Waals surface area contributed by atoms with Gasteiger partial charge in [0.1, 0.15) is 12.2 Å². The lowest BCUT2D eigenvalue weighted by Gasteiger charge is -2.25. The smallest absolute Gasteiger partial charge is 0.407 e. The van der Waals surface area contributed by atoms with E-state index in [1.54, 1.807) is 27.7 Å². The molecule has 0 spiro atoms. The molecule has 0 radical (unpaired) electrons. The van der Waals surface area contributed by atoms with Gasteiger partial charge < -0.3 is 19.5 Å². The molecule has 23 heavy (non-hydrogen) atoms. The van der Waals surface area contributed by atoms with Crippen molar-refractivity contribution in [3.05, 3.63) is 12.2 Å². The Morgan fingerprint density at radius 2 is 1.57 bits per heavy atom. The van der Waals surface area contributed by atoms with Gasteiger partial charge in [0.2, 0.25) is 0 Å². The van der Waals surface area contributed by atoms with Gasteiger partial charge in [0, 0.05) is 12.2 Å². The maximum atomic E-state index is 11.8. The van der Waals surface area contributed by atoms with Crippen LogP contribution in [0.25, 0.3) is 0 Å². The number of carbonyl (C=O) groups excluding carboxylic acids is 3. The quantitative estimate of drug-likeness (QED) is 0.437. The van der Waals surface area contributed by atoms with Crippen LogP contribution in [-0.2, 0) is 23.8 Å². The third-order valence-corrected chi connectivity index (χ3v) is 2.55. The Labute approximate surface area is 137 Å². The molecule has 0 aromatic heterocycles. The van der Waals surface area contributed by atoms with E-state index >= 15 is 0 Å². The van der Waals surface area contributed by atoms with Crippen LogP contribution in [-0.4, -0.2) is 42.9 Å². The number of hydrogen-bond acceptors (Lipinski definition) is 6. The van der Waals surface area contributed by atoms with Crippen molar-refractivity contribution in [1.29, 1.82) is 0 Å². The first kappa shape index (κ1) is 20.9. The minimum atomic E-state index is -0.685. The van der Waals surface area contributed by atoms with Gasteiger partial charge in [-0.15, -0.1) is 0 Å².